The maximum Gasteiger partial charge on any atom is 0.105 e. The molecule has 0 aliphatic heterocycles. The Balaban J connectivity index is 1.96. The van der Waals surface area contributed by atoms with Gasteiger partial charge in [0, 0.05) is 38.4 Å². The third kappa shape index (κ3) is 3.06. The fourth-order valence-corrected chi connectivity index (χ4v) is 1.93. The van der Waals surface area contributed by atoms with Crippen LogP contribution in [0.25, 0.3) is 0 Å². The summed E-state index contributed by atoms with van der Waals surface area (Å²) < 4.78 is 5.58. The lowest BCUT2D eigenvalue weighted by atomic mass is 10.2. The highest BCUT2D eigenvalue weighted by molar-refractivity contribution is 5.57. The Morgan fingerprint density at radius 1 is 1.22 bits per heavy atom. The number of hydrogen-bond acceptors (Lipinski definition) is 3. The maximum absolute atomic E-state index is 5.58. The minimum atomic E-state index is 0.925. The van der Waals surface area contributed by atoms with E-state index in [1.807, 2.05) is 26.1 Å². The lowest BCUT2D eigenvalue weighted by Gasteiger charge is -2.19. The molecule has 1 aromatic heterocycles. The lowest BCUT2D eigenvalue weighted by Crippen LogP contribution is -2.20. The van der Waals surface area contributed by atoms with Crippen LogP contribution in [0.3, 0.4) is 0 Å². The van der Waals surface area contributed by atoms with Gasteiger partial charge < -0.3 is 14.6 Å². The first-order chi connectivity index (χ1) is 8.69. The molecule has 0 aliphatic rings. The van der Waals surface area contributed by atoms with E-state index in [0.29, 0.717) is 0 Å². The standard InChI is InChI=1S/C15H20N2O/c1-12-7-8-15(18-12)9-10-17(3)14-6-4-5-13(11-14)16-2/h4-8,11,16H,9-10H2,1-3H3. The number of benzene rings is 1. The monoisotopic (exact) mass is 244 g/mol. The SMILES string of the molecule is CNc1cccc(N(C)CCc2ccc(C)o2)c1. The highest BCUT2D eigenvalue weighted by Crippen LogP contribution is 2.18. The summed E-state index contributed by atoms with van der Waals surface area (Å²) in [6, 6.07) is 12.5. The molecular weight excluding hydrogens is 224 g/mol. The Morgan fingerprint density at radius 2 is 2.06 bits per heavy atom. The van der Waals surface area contributed by atoms with Gasteiger partial charge in [-0.1, -0.05) is 6.07 Å². The summed E-state index contributed by atoms with van der Waals surface area (Å²) >= 11 is 0. The van der Waals surface area contributed by atoms with Crippen LogP contribution in [-0.2, 0) is 6.42 Å². The topological polar surface area (TPSA) is 28.4 Å². The Morgan fingerprint density at radius 3 is 2.72 bits per heavy atom. The first-order valence-corrected chi connectivity index (χ1v) is 6.23. The van der Waals surface area contributed by atoms with Gasteiger partial charge in [-0.25, -0.2) is 0 Å². The molecule has 0 amide bonds. The van der Waals surface area contributed by atoms with E-state index < -0.39 is 0 Å². The zero-order valence-electron chi connectivity index (χ0n) is 11.2. The number of furan rings is 1. The summed E-state index contributed by atoms with van der Waals surface area (Å²) in [6.45, 7) is 2.92. The Hall–Kier alpha value is -1.90. The molecule has 3 nitrogen and oxygen atoms in total. The molecule has 0 unspecified atom stereocenters. The number of nitrogens with zero attached hydrogens (tertiary/aromatic N) is 1. The van der Waals surface area contributed by atoms with Gasteiger partial charge in [-0.15, -0.1) is 0 Å². The minimum absolute atomic E-state index is 0.925. The quantitative estimate of drug-likeness (QED) is 0.874. The zero-order valence-corrected chi connectivity index (χ0v) is 11.2. The van der Waals surface area contributed by atoms with Crippen molar-refractivity contribution in [2.75, 3.05) is 30.9 Å². The molecule has 1 N–H and O–H groups in total. The molecule has 2 rings (SSSR count). The van der Waals surface area contributed by atoms with Gasteiger partial charge in [0.2, 0.25) is 0 Å². The van der Waals surface area contributed by atoms with Crippen LogP contribution in [0.2, 0.25) is 0 Å². The summed E-state index contributed by atoms with van der Waals surface area (Å²) in [5.74, 6) is 2.02. The Labute approximate surface area is 108 Å². The van der Waals surface area contributed by atoms with Crippen LogP contribution in [0.5, 0.6) is 0 Å². The van der Waals surface area contributed by atoms with Crippen molar-refractivity contribution < 1.29 is 4.42 Å². The molecular formula is C15H20N2O. The number of hydrogen-bond donors (Lipinski definition) is 1. The van der Waals surface area contributed by atoms with Gasteiger partial charge in [0.1, 0.15) is 11.5 Å². The predicted molar refractivity (Wildman–Crippen MR) is 76.4 cm³/mol. The molecule has 0 aliphatic carbocycles. The van der Waals surface area contributed by atoms with E-state index in [9.17, 15) is 0 Å². The van der Waals surface area contributed by atoms with Crippen LogP contribution in [0.4, 0.5) is 11.4 Å². The molecule has 0 atom stereocenters. The molecule has 1 aromatic carbocycles. The normalized spacial score (nSPS) is 10.4. The smallest absolute Gasteiger partial charge is 0.105 e. The van der Waals surface area contributed by atoms with Gasteiger partial charge in [0.25, 0.3) is 0 Å². The van der Waals surface area contributed by atoms with Gasteiger partial charge >= 0.3 is 0 Å². The van der Waals surface area contributed by atoms with E-state index in [0.717, 1.165) is 30.2 Å². The van der Waals surface area contributed by atoms with Crippen LogP contribution in [0.15, 0.2) is 40.8 Å². The molecule has 3 heteroatoms. The number of rotatable bonds is 5. The zero-order chi connectivity index (χ0) is 13.0. The van der Waals surface area contributed by atoms with Gasteiger partial charge in [-0.2, -0.15) is 0 Å². The van der Waals surface area contributed by atoms with Crippen LogP contribution in [-0.4, -0.2) is 20.6 Å². The third-order valence-electron chi connectivity index (χ3n) is 3.07. The summed E-state index contributed by atoms with van der Waals surface area (Å²) in [5.41, 5.74) is 2.35. The van der Waals surface area contributed by atoms with E-state index in [1.54, 1.807) is 0 Å². The van der Waals surface area contributed by atoms with Crippen molar-refractivity contribution in [3.8, 4) is 0 Å². The molecule has 1 heterocycles. The average molecular weight is 244 g/mol. The molecule has 0 saturated heterocycles. The number of aryl methyl sites for hydroxylation is 1. The second-order valence-corrected chi connectivity index (χ2v) is 4.48. The second-order valence-electron chi connectivity index (χ2n) is 4.48. The van der Waals surface area contributed by atoms with Crippen molar-refractivity contribution in [1.82, 2.24) is 0 Å². The highest BCUT2D eigenvalue weighted by Gasteiger charge is 2.04. The van der Waals surface area contributed by atoms with Crippen molar-refractivity contribution in [3.05, 3.63) is 47.9 Å². The molecule has 0 bridgehead atoms. The van der Waals surface area contributed by atoms with Crippen LogP contribution >= 0.6 is 0 Å². The third-order valence-corrected chi connectivity index (χ3v) is 3.07. The first-order valence-electron chi connectivity index (χ1n) is 6.23. The number of nitrogens with one attached hydrogen (secondary N) is 1. The van der Waals surface area contributed by atoms with Gasteiger partial charge in [-0.05, 0) is 37.3 Å². The largest absolute Gasteiger partial charge is 0.466 e. The first kappa shape index (κ1) is 12.6. The van der Waals surface area contributed by atoms with Crippen molar-refractivity contribution >= 4 is 11.4 Å². The number of likely N-dealkylation sites (N-methyl/N-ethyl adjacent to an activating group) is 1. The van der Waals surface area contributed by atoms with Gasteiger partial charge in [0.15, 0.2) is 0 Å². The fraction of sp³-hybridized carbons (Fsp3) is 0.333. The van der Waals surface area contributed by atoms with Crippen LogP contribution in [0, 0.1) is 6.92 Å². The lowest BCUT2D eigenvalue weighted by molar-refractivity contribution is 0.483. The van der Waals surface area contributed by atoms with E-state index >= 15 is 0 Å². The summed E-state index contributed by atoms with van der Waals surface area (Å²) in [5, 5.41) is 3.15. The molecule has 96 valence electrons. The minimum Gasteiger partial charge on any atom is -0.466 e. The highest BCUT2D eigenvalue weighted by atomic mass is 16.3. The van der Waals surface area contributed by atoms with Gasteiger partial charge in [0.05, 0.1) is 0 Å². The predicted octanol–water partition coefficient (Wildman–Crippen LogP) is 3.31. The average Bonchev–Trinajstić information content (AvgIpc) is 2.82. The van der Waals surface area contributed by atoms with Crippen molar-refractivity contribution in [2.24, 2.45) is 0 Å². The molecule has 2 aromatic rings. The molecule has 18 heavy (non-hydrogen) atoms. The number of anilines is 2. The molecule has 0 spiro atoms. The second kappa shape index (κ2) is 5.63. The molecule has 0 fully saturated rings. The van der Waals surface area contributed by atoms with Crippen molar-refractivity contribution in [2.45, 2.75) is 13.3 Å². The van der Waals surface area contributed by atoms with E-state index in [-0.39, 0.29) is 0 Å². The molecule has 0 radical (unpaired) electrons. The van der Waals surface area contributed by atoms with Crippen LogP contribution < -0.4 is 10.2 Å². The summed E-state index contributed by atoms with van der Waals surface area (Å²) in [4.78, 5) is 2.23. The fourth-order valence-electron chi connectivity index (χ4n) is 1.93. The summed E-state index contributed by atoms with van der Waals surface area (Å²) in [7, 11) is 4.04. The van der Waals surface area contributed by atoms with E-state index in [4.69, 9.17) is 4.42 Å². The van der Waals surface area contributed by atoms with E-state index in [1.165, 1.54) is 5.69 Å². The van der Waals surface area contributed by atoms with E-state index in [2.05, 4.69) is 41.5 Å². The molecule has 0 saturated carbocycles. The maximum atomic E-state index is 5.58. The Bertz CT molecular complexity index is 505. The van der Waals surface area contributed by atoms with Crippen molar-refractivity contribution in [3.63, 3.8) is 0 Å². The Kier molecular flexibility index (Phi) is 3.92. The van der Waals surface area contributed by atoms with Crippen molar-refractivity contribution in [1.29, 1.82) is 0 Å². The summed E-state index contributed by atoms with van der Waals surface area (Å²) in [6.07, 6.45) is 0.925. The van der Waals surface area contributed by atoms with Gasteiger partial charge in [-0.3, -0.25) is 0 Å². The van der Waals surface area contributed by atoms with Crippen LogP contribution in [0.1, 0.15) is 11.5 Å².